The van der Waals surface area contributed by atoms with E-state index in [0.717, 1.165) is 17.0 Å². The maximum atomic E-state index is 12.4. The average molecular weight is 407 g/mol. The summed E-state index contributed by atoms with van der Waals surface area (Å²) in [5.41, 5.74) is 4.01. The molecule has 0 fully saturated rings. The lowest BCUT2D eigenvalue weighted by molar-refractivity contribution is -0.119. The minimum Gasteiger partial charge on any atom is -0.349 e. The van der Waals surface area contributed by atoms with Crippen molar-refractivity contribution >= 4 is 17.7 Å². The predicted molar refractivity (Wildman–Crippen MR) is 118 cm³/mol. The molecule has 0 radical (unpaired) electrons. The highest BCUT2D eigenvalue weighted by atomic mass is 32.2. The van der Waals surface area contributed by atoms with Crippen LogP contribution in [0.25, 0.3) is 11.4 Å². The van der Waals surface area contributed by atoms with E-state index in [1.165, 1.54) is 17.3 Å². The summed E-state index contributed by atoms with van der Waals surface area (Å²) >= 11 is 1.32. The number of hydrogen-bond acceptors (Lipinski definition) is 5. The molecule has 0 saturated heterocycles. The van der Waals surface area contributed by atoms with Crippen LogP contribution in [0, 0.1) is 0 Å². The number of hydrogen-bond donors (Lipinski definition) is 1. The van der Waals surface area contributed by atoms with E-state index in [-0.39, 0.29) is 23.1 Å². The molecule has 29 heavy (non-hydrogen) atoms. The van der Waals surface area contributed by atoms with E-state index >= 15 is 0 Å². The Morgan fingerprint density at radius 2 is 1.76 bits per heavy atom. The zero-order valence-corrected chi connectivity index (χ0v) is 18.0. The summed E-state index contributed by atoms with van der Waals surface area (Å²) < 4.78 is 0. The molecule has 150 valence electrons. The van der Waals surface area contributed by atoms with Crippen molar-refractivity contribution in [3.63, 3.8) is 0 Å². The Labute approximate surface area is 176 Å². The molecule has 2 aromatic heterocycles. The lowest BCUT2D eigenvalue weighted by atomic mass is 9.86. The van der Waals surface area contributed by atoms with Crippen LogP contribution in [0.4, 0.5) is 0 Å². The van der Waals surface area contributed by atoms with Gasteiger partial charge in [-0.3, -0.25) is 9.78 Å². The quantitative estimate of drug-likeness (QED) is 0.470. The maximum Gasteiger partial charge on any atom is 0.230 e. The first-order valence-electron chi connectivity index (χ1n) is 9.60. The monoisotopic (exact) mass is 406 g/mol. The Bertz CT molecular complexity index is 953. The van der Waals surface area contributed by atoms with E-state index in [1.807, 2.05) is 31.2 Å². The Kier molecular flexibility index (Phi) is 6.64. The number of rotatable bonds is 6. The van der Waals surface area contributed by atoms with Crippen LogP contribution in [0.5, 0.6) is 0 Å². The first-order valence-corrected chi connectivity index (χ1v) is 10.6. The predicted octanol–water partition coefficient (Wildman–Crippen LogP) is 4.81. The Balaban J connectivity index is 1.56. The van der Waals surface area contributed by atoms with Gasteiger partial charge in [-0.25, -0.2) is 9.97 Å². The number of carbonyl (C=O) groups is 1. The molecule has 0 aliphatic heterocycles. The molecular formula is C23H26N4OS. The number of benzene rings is 1. The fraction of sp³-hybridized carbons (Fsp3) is 0.304. The third-order valence-corrected chi connectivity index (χ3v) is 5.41. The molecule has 0 aliphatic rings. The first kappa shape index (κ1) is 21.0. The van der Waals surface area contributed by atoms with Crippen molar-refractivity contribution in [2.24, 2.45) is 0 Å². The summed E-state index contributed by atoms with van der Waals surface area (Å²) in [4.78, 5) is 25.4. The van der Waals surface area contributed by atoms with Gasteiger partial charge in [0.05, 0.1) is 23.2 Å². The molecule has 5 nitrogen and oxygen atoms in total. The second-order valence-corrected chi connectivity index (χ2v) is 8.83. The molecule has 0 spiro atoms. The Morgan fingerprint density at radius 3 is 2.41 bits per heavy atom. The lowest BCUT2D eigenvalue weighted by Gasteiger charge is -2.20. The molecule has 3 aromatic rings. The molecule has 1 amide bonds. The van der Waals surface area contributed by atoms with E-state index in [1.54, 1.807) is 12.4 Å². The van der Waals surface area contributed by atoms with Crippen molar-refractivity contribution in [1.29, 1.82) is 0 Å². The van der Waals surface area contributed by atoms with Gasteiger partial charge in [-0.1, -0.05) is 62.9 Å². The number of nitrogens with zero attached hydrogens (tertiary/aromatic N) is 3. The maximum absolute atomic E-state index is 12.4. The molecule has 1 aromatic carbocycles. The number of nitrogens with one attached hydrogen (secondary N) is 1. The van der Waals surface area contributed by atoms with Gasteiger partial charge in [0.1, 0.15) is 0 Å². The molecular weight excluding hydrogens is 380 g/mol. The van der Waals surface area contributed by atoms with Gasteiger partial charge in [0.2, 0.25) is 5.91 Å². The van der Waals surface area contributed by atoms with Crippen LogP contribution < -0.4 is 5.32 Å². The summed E-state index contributed by atoms with van der Waals surface area (Å²) in [6, 6.07) is 15.9. The molecule has 0 saturated carbocycles. The largest absolute Gasteiger partial charge is 0.349 e. The third kappa shape index (κ3) is 5.87. The summed E-state index contributed by atoms with van der Waals surface area (Å²) in [6.45, 7) is 8.56. The number of aromatic nitrogens is 3. The lowest BCUT2D eigenvalue weighted by Crippen LogP contribution is -2.28. The van der Waals surface area contributed by atoms with Gasteiger partial charge in [-0.2, -0.15) is 0 Å². The fourth-order valence-electron chi connectivity index (χ4n) is 2.84. The molecule has 1 unspecified atom stereocenters. The van der Waals surface area contributed by atoms with E-state index < -0.39 is 0 Å². The molecule has 3 rings (SSSR count). The average Bonchev–Trinajstić information content (AvgIpc) is 2.72. The highest BCUT2D eigenvalue weighted by Crippen LogP contribution is 2.24. The standard InChI is InChI=1S/C23H26N4OS/c1-16(17-8-10-18(11-9-17)23(2,3)4)26-21(28)15-29-22-25-14-12-20(27-22)19-7-5-6-13-24-19/h5-14,16H,15H2,1-4H3,(H,26,28). The van der Waals surface area contributed by atoms with Gasteiger partial charge in [-0.15, -0.1) is 0 Å². The van der Waals surface area contributed by atoms with Crippen LogP contribution in [0.3, 0.4) is 0 Å². The Hall–Kier alpha value is -2.73. The first-order chi connectivity index (χ1) is 13.8. The second kappa shape index (κ2) is 9.18. The molecule has 1 atom stereocenters. The number of thioether (sulfide) groups is 1. The van der Waals surface area contributed by atoms with Gasteiger partial charge in [0.15, 0.2) is 5.16 Å². The van der Waals surface area contributed by atoms with E-state index in [4.69, 9.17) is 0 Å². The number of pyridine rings is 1. The number of amides is 1. The van der Waals surface area contributed by atoms with Crippen LogP contribution in [0.15, 0.2) is 66.1 Å². The minimum absolute atomic E-state index is 0.0470. The van der Waals surface area contributed by atoms with Crippen molar-refractivity contribution in [3.8, 4) is 11.4 Å². The minimum atomic E-state index is -0.0575. The van der Waals surface area contributed by atoms with Gasteiger partial charge in [0, 0.05) is 12.4 Å². The van der Waals surface area contributed by atoms with E-state index in [0.29, 0.717) is 5.16 Å². The van der Waals surface area contributed by atoms with Crippen molar-refractivity contribution in [1.82, 2.24) is 20.3 Å². The summed E-state index contributed by atoms with van der Waals surface area (Å²) in [6.07, 6.45) is 3.42. The van der Waals surface area contributed by atoms with Crippen LogP contribution in [-0.4, -0.2) is 26.6 Å². The Morgan fingerprint density at radius 1 is 1.00 bits per heavy atom. The second-order valence-electron chi connectivity index (χ2n) is 7.89. The van der Waals surface area contributed by atoms with Crippen molar-refractivity contribution < 1.29 is 4.79 Å². The van der Waals surface area contributed by atoms with Crippen LogP contribution in [0.2, 0.25) is 0 Å². The molecule has 6 heteroatoms. The molecule has 0 aliphatic carbocycles. The molecule has 1 N–H and O–H groups in total. The zero-order chi connectivity index (χ0) is 20.9. The molecule has 2 heterocycles. The van der Waals surface area contributed by atoms with Crippen LogP contribution >= 0.6 is 11.8 Å². The fourth-order valence-corrected chi connectivity index (χ4v) is 3.48. The highest BCUT2D eigenvalue weighted by Gasteiger charge is 2.15. The smallest absolute Gasteiger partial charge is 0.230 e. The van der Waals surface area contributed by atoms with Gasteiger partial charge in [-0.05, 0) is 41.7 Å². The van der Waals surface area contributed by atoms with Crippen LogP contribution in [-0.2, 0) is 10.2 Å². The third-order valence-electron chi connectivity index (χ3n) is 4.55. The van der Waals surface area contributed by atoms with E-state index in [2.05, 4.69) is 65.3 Å². The SMILES string of the molecule is CC(NC(=O)CSc1nccc(-c2ccccn2)n1)c1ccc(C(C)(C)C)cc1. The van der Waals surface area contributed by atoms with Crippen LogP contribution in [0.1, 0.15) is 44.9 Å². The summed E-state index contributed by atoms with van der Waals surface area (Å²) in [5, 5.41) is 3.60. The molecule has 0 bridgehead atoms. The zero-order valence-electron chi connectivity index (χ0n) is 17.2. The van der Waals surface area contributed by atoms with E-state index in [9.17, 15) is 4.79 Å². The topological polar surface area (TPSA) is 67.8 Å². The van der Waals surface area contributed by atoms with Gasteiger partial charge in [0.25, 0.3) is 0 Å². The van der Waals surface area contributed by atoms with Crippen molar-refractivity contribution in [3.05, 3.63) is 72.1 Å². The van der Waals surface area contributed by atoms with Crippen molar-refractivity contribution in [2.45, 2.75) is 44.3 Å². The summed E-state index contributed by atoms with van der Waals surface area (Å²) in [7, 11) is 0. The van der Waals surface area contributed by atoms with Gasteiger partial charge >= 0.3 is 0 Å². The van der Waals surface area contributed by atoms with Gasteiger partial charge < -0.3 is 5.32 Å². The summed E-state index contributed by atoms with van der Waals surface area (Å²) in [5.74, 6) is 0.213. The highest BCUT2D eigenvalue weighted by molar-refractivity contribution is 7.99. The van der Waals surface area contributed by atoms with Crippen molar-refractivity contribution in [2.75, 3.05) is 5.75 Å². The normalized spacial score (nSPS) is 12.4. The number of carbonyl (C=O) groups excluding carboxylic acids is 1.